The summed E-state index contributed by atoms with van der Waals surface area (Å²) in [4.78, 5) is 4.21. The normalized spacial score (nSPS) is 19.9. The standard InChI is InChI=1S/C11H14BrN5/c12-9-7-15-11-4-3-10(16-17(9)11)14-6-8-2-1-5-13-8/h3-4,7-8,13H,1-2,5-6H2,(H,14,16)/t8-/m0/s1. The van der Waals surface area contributed by atoms with E-state index in [1.54, 1.807) is 10.7 Å². The van der Waals surface area contributed by atoms with Crippen LogP contribution in [0, 0.1) is 0 Å². The molecule has 90 valence electrons. The van der Waals surface area contributed by atoms with Crippen LogP contribution in [0.2, 0.25) is 0 Å². The van der Waals surface area contributed by atoms with E-state index in [2.05, 4.69) is 36.6 Å². The molecule has 2 aromatic heterocycles. The Morgan fingerprint density at radius 1 is 1.53 bits per heavy atom. The summed E-state index contributed by atoms with van der Waals surface area (Å²) in [6.07, 6.45) is 4.26. The molecule has 1 saturated heterocycles. The number of halogens is 1. The van der Waals surface area contributed by atoms with E-state index < -0.39 is 0 Å². The quantitative estimate of drug-likeness (QED) is 0.904. The summed E-state index contributed by atoms with van der Waals surface area (Å²) in [7, 11) is 0. The maximum atomic E-state index is 4.46. The number of rotatable bonds is 3. The summed E-state index contributed by atoms with van der Waals surface area (Å²) in [6.45, 7) is 2.05. The number of imidazole rings is 1. The lowest BCUT2D eigenvalue weighted by Crippen LogP contribution is -2.29. The smallest absolute Gasteiger partial charge is 0.154 e. The van der Waals surface area contributed by atoms with Crippen molar-refractivity contribution in [1.29, 1.82) is 0 Å². The van der Waals surface area contributed by atoms with E-state index >= 15 is 0 Å². The molecule has 5 nitrogen and oxygen atoms in total. The summed E-state index contributed by atoms with van der Waals surface area (Å²) in [5.41, 5.74) is 0.849. The summed E-state index contributed by atoms with van der Waals surface area (Å²) in [6, 6.07) is 4.49. The molecule has 6 heteroatoms. The molecule has 0 saturated carbocycles. The van der Waals surface area contributed by atoms with Gasteiger partial charge in [0.05, 0.1) is 6.20 Å². The number of aromatic nitrogens is 3. The van der Waals surface area contributed by atoms with Gasteiger partial charge in [-0.3, -0.25) is 0 Å². The van der Waals surface area contributed by atoms with Gasteiger partial charge in [-0.1, -0.05) is 0 Å². The summed E-state index contributed by atoms with van der Waals surface area (Å²) < 4.78 is 2.65. The Balaban J connectivity index is 1.73. The highest BCUT2D eigenvalue weighted by Gasteiger charge is 2.13. The Hall–Kier alpha value is -1.14. The van der Waals surface area contributed by atoms with E-state index in [-0.39, 0.29) is 0 Å². The van der Waals surface area contributed by atoms with E-state index in [9.17, 15) is 0 Å². The maximum absolute atomic E-state index is 4.46. The Morgan fingerprint density at radius 2 is 2.47 bits per heavy atom. The van der Waals surface area contributed by atoms with Gasteiger partial charge in [0.2, 0.25) is 0 Å². The molecule has 1 atom stereocenters. The van der Waals surface area contributed by atoms with E-state index in [1.807, 2.05) is 12.1 Å². The highest BCUT2D eigenvalue weighted by atomic mass is 79.9. The lowest BCUT2D eigenvalue weighted by Gasteiger charge is -2.11. The van der Waals surface area contributed by atoms with Crippen molar-refractivity contribution in [3.8, 4) is 0 Å². The predicted octanol–water partition coefficient (Wildman–Crippen LogP) is 1.66. The van der Waals surface area contributed by atoms with Crippen molar-refractivity contribution in [3.05, 3.63) is 22.9 Å². The van der Waals surface area contributed by atoms with Gasteiger partial charge in [0.15, 0.2) is 5.65 Å². The summed E-state index contributed by atoms with van der Waals surface area (Å²) in [5.74, 6) is 0.880. The van der Waals surface area contributed by atoms with Crippen molar-refractivity contribution in [2.24, 2.45) is 0 Å². The van der Waals surface area contributed by atoms with Crippen LogP contribution in [0.5, 0.6) is 0 Å². The predicted molar refractivity (Wildman–Crippen MR) is 70.2 cm³/mol. The van der Waals surface area contributed by atoms with Gasteiger partial charge in [0, 0.05) is 12.6 Å². The lowest BCUT2D eigenvalue weighted by molar-refractivity contribution is 0.631. The second kappa shape index (κ2) is 4.62. The third-order valence-electron chi connectivity index (χ3n) is 3.01. The average molecular weight is 296 g/mol. The number of fused-ring (bicyclic) bond motifs is 1. The van der Waals surface area contributed by atoms with Crippen LogP contribution >= 0.6 is 15.9 Å². The van der Waals surface area contributed by atoms with Crippen molar-refractivity contribution < 1.29 is 0 Å². The third kappa shape index (κ3) is 2.28. The topological polar surface area (TPSA) is 54.2 Å². The molecule has 1 aliphatic heterocycles. The molecule has 1 aliphatic rings. The fraction of sp³-hybridized carbons (Fsp3) is 0.455. The molecule has 0 unspecified atom stereocenters. The monoisotopic (exact) mass is 295 g/mol. The van der Waals surface area contributed by atoms with Crippen molar-refractivity contribution in [3.63, 3.8) is 0 Å². The second-order valence-electron chi connectivity index (χ2n) is 4.24. The van der Waals surface area contributed by atoms with Gasteiger partial charge in [-0.15, -0.1) is 5.10 Å². The summed E-state index contributed by atoms with van der Waals surface area (Å²) >= 11 is 3.42. The molecule has 1 fully saturated rings. The molecule has 2 N–H and O–H groups in total. The van der Waals surface area contributed by atoms with Crippen molar-refractivity contribution >= 4 is 27.4 Å². The van der Waals surface area contributed by atoms with Gasteiger partial charge in [0.25, 0.3) is 0 Å². The van der Waals surface area contributed by atoms with Crippen LogP contribution in [0.25, 0.3) is 5.65 Å². The average Bonchev–Trinajstić information content (AvgIpc) is 2.97. The van der Waals surface area contributed by atoms with E-state index in [4.69, 9.17) is 0 Å². The fourth-order valence-electron chi connectivity index (χ4n) is 2.10. The molecule has 0 spiro atoms. The van der Waals surface area contributed by atoms with E-state index in [0.717, 1.165) is 29.2 Å². The van der Waals surface area contributed by atoms with Crippen LogP contribution < -0.4 is 10.6 Å². The van der Waals surface area contributed by atoms with Gasteiger partial charge in [0.1, 0.15) is 10.4 Å². The molecule has 3 heterocycles. The van der Waals surface area contributed by atoms with Gasteiger partial charge in [-0.05, 0) is 47.4 Å². The van der Waals surface area contributed by atoms with Gasteiger partial charge in [-0.25, -0.2) is 9.50 Å². The molecule has 0 bridgehead atoms. The first-order valence-electron chi connectivity index (χ1n) is 5.80. The number of anilines is 1. The molecular formula is C11H14BrN5. The van der Waals surface area contributed by atoms with Gasteiger partial charge >= 0.3 is 0 Å². The number of nitrogens with zero attached hydrogens (tertiary/aromatic N) is 3. The molecule has 2 aromatic rings. The van der Waals surface area contributed by atoms with Crippen LogP contribution in [0.15, 0.2) is 22.9 Å². The zero-order valence-corrected chi connectivity index (χ0v) is 10.9. The first kappa shape index (κ1) is 11.0. The molecule has 3 rings (SSSR count). The van der Waals surface area contributed by atoms with Crippen LogP contribution in [-0.4, -0.2) is 33.7 Å². The Bertz CT molecular complexity index is 518. The van der Waals surface area contributed by atoms with Crippen molar-refractivity contribution in [2.75, 3.05) is 18.4 Å². The zero-order valence-electron chi connectivity index (χ0n) is 9.36. The highest BCUT2D eigenvalue weighted by Crippen LogP contribution is 2.14. The van der Waals surface area contributed by atoms with E-state index in [0.29, 0.717) is 6.04 Å². The molecule has 0 aliphatic carbocycles. The van der Waals surface area contributed by atoms with Crippen LogP contribution in [0.3, 0.4) is 0 Å². The Labute approximate surface area is 108 Å². The summed E-state index contributed by atoms with van der Waals surface area (Å²) in [5, 5.41) is 11.3. The van der Waals surface area contributed by atoms with Crippen molar-refractivity contribution in [2.45, 2.75) is 18.9 Å². The first-order chi connectivity index (χ1) is 8.33. The minimum atomic E-state index is 0.568. The first-order valence-corrected chi connectivity index (χ1v) is 6.60. The van der Waals surface area contributed by atoms with Crippen molar-refractivity contribution in [1.82, 2.24) is 19.9 Å². The Kier molecular flexibility index (Phi) is 2.98. The number of nitrogens with one attached hydrogen (secondary N) is 2. The highest BCUT2D eigenvalue weighted by molar-refractivity contribution is 9.10. The fourth-order valence-corrected chi connectivity index (χ4v) is 2.46. The van der Waals surface area contributed by atoms with Gasteiger partial charge in [-0.2, -0.15) is 0 Å². The zero-order chi connectivity index (χ0) is 11.7. The minimum absolute atomic E-state index is 0.568. The number of hydrogen-bond acceptors (Lipinski definition) is 4. The molecule has 17 heavy (non-hydrogen) atoms. The minimum Gasteiger partial charge on any atom is -0.367 e. The van der Waals surface area contributed by atoms with E-state index in [1.165, 1.54) is 12.8 Å². The third-order valence-corrected chi connectivity index (χ3v) is 3.55. The SMILES string of the molecule is Brc1cnc2ccc(NC[C@@H]3CCCN3)nn12. The largest absolute Gasteiger partial charge is 0.367 e. The van der Waals surface area contributed by atoms with Gasteiger partial charge < -0.3 is 10.6 Å². The maximum Gasteiger partial charge on any atom is 0.154 e. The molecule has 0 aromatic carbocycles. The van der Waals surface area contributed by atoms with Crippen LogP contribution in [0.1, 0.15) is 12.8 Å². The van der Waals surface area contributed by atoms with Crippen LogP contribution in [0.4, 0.5) is 5.82 Å². The second-order valence-corrected chi connectivity index (χ2v) is 5.06. The number of hydrogen-bond donors (Lipinski definition) is 2. The Morgan fingerprint density at radius 3 is 3.29 bits per heavy atom. The molecule has 0 amide bonds. The molecule has 0 radical (unpaired) electrons. The molecular weight excluding hydrogens is 282 g/mol. The lowest BCUT2D eigenvalue weighted by atomic mass is 10.2. The van der Waals surface area contributed by atoms with Crippen LogP contribution in [-0.2, 0) is 0 Å².